The average molecular weight is 447 g/mol. The highest BCUT2D eigenvalue weighted by Crippen LogP contribution is 2.07. The third-order valence-electron chi connectivity index (χ3n) is 3.98. The third kappa shape index (κ3) is 9.18. The van der Waals surface area contributed by atoms with Crippen molar-refractivity contribution in [1.29, 1.82) is 0 Å². The van der Waals surface area contributed by atoms with Crippen LogP contribution in [0.1, 0.15) is 42.3 Å². The molecule has 2 rings (SSSR count). The molecule has 0 aliphatic heterocycles. The Hall–Kier alpha value is -4.27. The van der Waals surface area contributed by atoms with E-state index in [0.717, 1.165) is 5.56 Å². The van der Waals surface area contributed by atoms with E-state index in [4.69, 9.17) is 9.94 Å². The van der Waals surface area contributed by atoms with Crippen LogP contribution >= 0.6 is 0 Å². The van der Waals surface area contributed by atoms with Gasteiger partial charge in [-0.1, -0.05) is 30.0 Å². The molecule has 1 atom stereocenters. The number of carbonyl (C=O) groups is 3. The van der Waals surface area contributed by atoms with Crippen molar-refractivity contribution in [1.82, 2.24) is 16.1 Å². The van der Waals surface area contributed by atoms with Crippen molar-refractivity contribution in [2.24, 2.45) is 0 Å². The van der Waals surface area contributed by atoms with Gasteiger partial charge in [0.2, 0.25) is 0 Å². The molecule has 3 amide bonds. The number of amides is 3. The van der Waals surface area contributed by atoms with Crippen LogP contribution in [0.25, 0.3) is 0 Å². The second kappa shape index (κ2) is 11.9. The van der Waals surface area contributed by atoms with E-state index in [0.29, 0.717) is 5.56 Å². The molecular formula is C25H25N3O5. The molecule has 4 N–H and O–H groups in total. The van der Waals surface area contributed by atoms with Crippen molar-refractivity contribution in [2.75, 3.05) is 6.54 Å². The van der Waals surface area contributed by atoms with Crippen LogP contribution in [0.4, 0.5) is 4.79 Å². The van der Waals surface area contributed by atoms with E-state index in [2.05, 4.69) is 34.3 Å². The Morgan fingerprint density at radius 1 is 0.939 bits per heavy atom. The molecule has 0 aliphatic rings. The maximum Gasteiger partial charge on any atom is 0.407 e. The van der Waals surface area contributed by atoms with Gasteiger partial charge in [-0.05, 0) is 69.0 Å². The fourth-order valence-corrected chi connectivity index (χ4v) is 2.46. The second-order valence-electron chi connectivity index (χ2n) is 7.83. The van der Waals surface area contributed by atoms with Crippen molar-refractivity contribution in [3.05, 3.63) is 71.3 Å². The Balaban J connectivity index is 1.98. The molecule has 2 aromatic carbocycles. The van der Waals surface area contributed by atoms with Crippen LogP contribution in [-0.4, -0.2) is 41.3 Å². The minimum atomic E-state index is -1.22. The number of ether oxygens (including phenoxy) is 1. The summed E-state index contributed by atoms with van der Waals surface area (Å²) in [6.07, 6.45) is -0.759. The van der Waals surface area contributed by atoms with Crippen LogP contribution < -0.4 is 16.1 Å². The molecule has 8 heteroatoms. The van der Waals surface area contributed by atoms with Crippen LogP contribution in [0.2, 0.25) is 0 Å². The number of benzene rings is 2. The summed E-state index contributed by atoms with van der Waals surface area (Å²) in [7, 11) is 0. The van der Waals surface area contributed by atoms with Gasteiger partial charge in [0.1, 0.15) is 11.6 Å². The molecule has 0 unspecified atom stereocenters. The van der Waals surface area contributed by atoms with E-state index in [1.807, 2.05) is 30.3 Å². The third-order valence-corrected chi connectivity index (χ3v) is 3.98. The molecule has 0 fully saturated rings. The van der Waals surface area contributed by atoms with Gasteiger partial charge in [0.15, 0.2) is 0 Å². The van der Waals surface area contributed by atoms with E-state index in [9.17, 15) is 14.4 Å². The van der Waals surface area contributed by atoms with Gasteiger partial charge in [0.05, 0.1) is 6.54 Å². The lowest BCUT2D eigenvalue weighted by molar-refractivity contribution is -0.131. The lowest BCUT2D eigenvalue weighted by Crippen LogP contribution is -2.52. The summed E-state index contributed by atoms with van der Waals surface area (Å²) in [5.41, 5.74) is 2.53. The summed E-state index contributed by atoms with van der Waals surface area (Å²) in [6.45, 7) is 4.79. The van der Waals surface area contributed by atoms with Crippen LogP contribution in [0.5, 0.6) is 0 Å². The van der Waals surface area contributed by atoms with E-state index in [-0.39, 0.29) is 12.1 Å². The maximum absolute atomic E-state index is 12.5. The number of hydrogen-bond donors (Lipinski definition) is 4. The normalized spacial score (nSPS) is 10.9. The van der Waals surface area contributed by atoms with Crippen molar-refractivity contribution in [3.63, 3.8) is 0 Å². The summed E-state index contributed by atoms with van der Waals surface area (Å²) < 4.78 is 5.09. The number of alkyl carbamates (subject to hydrolysis) is 1. The predicted molar refractivity (Wildman–Crippen MR) is 122 cm³/mol. The number of carbonyl (C=O) groups excluding carboxylic acids is 3. The van der Waals surface area contributed by atoms with Gasteiger partial charge in [0, 0.05) is 16.7 Å². The Kier molecular flexibility index (Phi) is 9.05. The molecule has 8 nitrogen and oxygen atoms in total. The lowest BCUT2D eigenvalue weighted by Gasteiger charge is -2.21. The minimum absolute atomic E-state index is 0.268. The monoisotopic (exact) mass is 447 g/mol. The van der Waals surface area contributed by atoms with Gasteiger partial charge in [-0.2, -0.15) is 0 Å². The summed E-state index contributed by atoms with van der Waals surface area (Å²) in [5, 5.41) is 13.8. The van der Waals surface area contributed by atoms with Crippen molar-refractivity contribution in [3.8, 4) is 23.7 Å². The Labute approximate surface area is 192 Å². The average Bonchev–Trinajstić information content (AvgIpc) is 2.78. The number of nitrogens with one attached hydrogen (secondary N) is 3. The van der Waals surface area contributed by atoms with Crippen LogP contribution in [0, 0.1) is 23.7 Å². The SMILES string of the molecule is CC(C)(C)OC(=O)NC[C@H](NC(=O)c1ccc(C#CC#Cc2ccccc2)cc1)C(=O)NO. The number of hydrogen-bond acceptors (Lipinski definition) is 5. The van der Waals surface area contributed by atoms with Gasteiger partial charge in [0.25, 0.3) is 11.8 Å². The highest BCUT2D eigenvalue weighted by atomic mass is 16.6. The molecule has 0 aromatic heterocycles. The van der Waals surface area contributed by atoms with E-state index < -0.39 is 29.6 Å². The zero-order valence-corrected chi connectivity index (χ0v) is 18.6. The quantitative estimate of drug-likeness (QED) is 0.319. The molecule has 2 aromatic rings. The zero-order valence-electron chi connectivity index (χ0n) is 18.6. The van der Waals surface area contributed by atoms with Gasteiger partial charge >= 0.3 is 6.09 Å². The number of hydroxylamine groups is 1. The molecule has 33 heavy (non-hydrogen) atoms. The van der Waals surface area contributed by atoms with Crippen molar-refractivity contribution in [2.45, 2.75) is 32.4 Å². The second-order valence-corrected chi connectivity index (χ2v) is 7.83. The molecule has 0 spiro atoms. The molecule has 0 saturated heterocycles. The Morgan fingerprint density at radius 3 is 2.06 bits per heavy atom. The van der Waals surface area contributed by atoms with Crippen LogP contribution in [0.15, 0.2) is 54.6 Å². The topological polar surface area (TPSA) is 117 Å². The largest absolute Gasteiger partial charge is 0.444 e. The van der Waals surface area contributed by atoms with Crippen molar-refractivity contribution < 1.29 is 24.3 Å². The summed E-state index contributed by atoms with van der Waals surface area (Å²) in [5.74, 6) is 9.87. The molecule has 0 saturated carbocycles. The molecular weight excluding hydrogens is 422 g/mol. The van der Waals surface area contributed by atoms with E-state index >= 15 is 0 Å². The van der Waals surface area contributed by atoms with Gasteiger partial charge in [-0.25, -0.2) is 10.3 Å². The number of rotatable bonds is 5. The van der Waals surface area contributed by atoms with Gasteiger partial charge in [-0.15, -0.1) is 0 Å². The molecule has 0 aliphatic carbocycles. The van der Waals surface area contributed by atoms with Crippen LogP contribution in [0.3, 0.4) is 0 Å². The van der Waals surface area contributed by atoms with E-state index in [1.165, 1.54) is 5.48 Å². The van der Waals surface area contributed by atoms with Gasteiger partial charge < -0.3 is 15.4 Å². The van der Waals surface area contributed by atoms with Crippen molar-refractivity contribution >= 4 is 17.9 Å². The first-order valence-corrected chi connectivity index (χ1v) is 10.1. The molecule has 0 bridgehead atoms. The Bertz CT molecular complexity index is 1100. The molecule has 170 valence electrons. The summed E-state index contributed by atoms with van der Waals surface area (Å²) >= 11 is 0. The molecule has 0 radical (unpaired) electrons. The highest BCUT2D eigenvalue weighted by Gasteiger charge is 2.23. The standard InChI is InChI=1S/C25H25N3O5/c1-25(2,3)33-24(31)26-17-21(23(30)28-32)27-22(29)20-15-13-19(14-16-20)12-8-7-11-18-9-5-4-6-10-18/h4-6,9-10,13-16,21,32H,17H2,1-3H3,(H,26,31)(H,27,29)(H,28,30)/t21-/m0/s1. The smallest absolute Gasteiger partial charge is 0.407 e. The first-order valence-electron chi connectivity index (χ1n) is 10.1. The molecule has 0 heterocycles. The Morgan fingerprint density at radius 2 is 1.52 bits per heavy atom. The minimum Gasteiger partial charge on any atom is -0.444 e. The first-order chi connectivity index (χ1) is 15.7. The predicted octanol–water partition coefficient (Wildman–Crippen LogP) is 2.22. The van der Waals surface area contributed by atoms with E-state index in [1.54, 1.807) is 45.0 Å². The highest BCUT2D eigenvalue weighted by molar-refractivity contribution is 5.97. The fraction of sp³-hybridized carbons (Fsp3) is 0.240. The summed E-state index contributed by atoms with van der Waals surface area (Å²) in [6, 6.07) is 14.6. The van der Waals surface area contributed by atoms with Gasteiger partial charge in [-0.3, -0.25) is 14.8 Å². The first kappa shape index (κ1) is 25.0. The van der Waals surface area contributed by atoms with Crippen LogP contribution in [-0.2, 0) is 9.53 Å². The zero-order chi connectivity index (χ0) is 24.3. The summed E-state index contributed by atoms with van der Waals surface area (Å²) in [4.78, 5) is 36.2. The fourth-order valence-electron chi connectivity index (χ4n) is 2.46. The maximum atomic E-state index is 12.5. The lowest BCUT2D eigenvalue weighted by atomic mass is 10.1.